The Balaban J connectivity index is 2.29. The maximum Gasteiger partial charge on any atom is 0.201 e. The molecule has 0 radical (unpaired) electrons. The molecule has 88 valence electrons. The Morgan fingerprint density at radius 1 is 1.27 bits per heavy atom. The second-order valence-corrected chi connectivity index (χ2v) is 4.48. The largest absolute Gasteiger partial charge is 0.347 e. The molecule has 3 nitrogen and oxygen atoms in total. The molecule has 0 unspecified atom stereocenters. The minimum Gasteiger partial charge on any atom is -0.347 e. The summed E-state index contributed by atoms with van der Waals surface area (Å²) in [7, 11) is 0. The third kappa shape index (κ3) is 4.33. The molecule has 0 spiro atoms. The Morgan fingerprint density at radius 3 is 2.47 bits per heavy atom. The van der Waals surface area contributed by atoms with Crippen molar-refractivity contribution in [1.29, 1.82) is 0 Å². The minimum absolute atomic E-state index is 0.617. The Kier molecular flexibility index (Phi) is 5.29. The monoisotopic (exact) mass is 214 g/mol. The molecule has 0 saturated heterocycles. The van der Waals surface area contributed by atoms with Gasteiger partial charge in [-0.2, -0.15) is 0 Å². The average Bonchev–Trinajstić information content (AvgIpc) is 2.26. The van der Waals surface area contributed by atoms with Gasteiger partial charge in [0.15, 0.2) is 0 Å². The normalized spacial score (nSPS) is 19.9. The standard InChI is InChI=1S/C12H22O3/c1-11(2)7-6-10-14-12(15-13)8-4-3-5-9-12/h7,13H,3-6,8-10H2,1-2H3. The van der Waals surface area contributed by atoms with E-state index >= 15 is 0 Å². The second-order valence-electron chi connectivity index (χ2n) is 4.48. The van der Waals surface area contributed by atoms with Crippen LogP contribution in [0.1, 0.15) is 52.4 Å². The maximum absolute atomic E-state index is 8.91. The zero-order valence-corrected chi connectivity index (χ0v) is 9.79. The molecule has 0 atom stereocenters. The summed E-state index contributed by atoms with van der Waals surface area (Å²) in [4.78, 5) is 4.54. The van der Waals surface area contributed by atoms with Crippen molar-refractivity contribution < 1.29 is 14.9 Å². The van der Waals surface area contributed by atoms with Gasteiger partial charge in [-0.15, -0.1) is 0 Å². The molecule has 0 heterocycles. The van der Waals surface area contributed by atoms with E-state index < -0.39 is 5.79 Å². The van der Waals surface area contributed by atoms with Crippen LogP contribution in [0.5, 0.6) is 0 Å². The first-order valence-electron chi connectivity index (χ1n) is 5.78. The summed E-state index contributed by atoms with van der Waals surface area (Å²) in [5.74, 6) is -0.715. The molecule has 0 aromatic heterocycles. The lowest BCUT2D eigenvalue weighted by Crippen LogP contribution is -2.37. The first-order valence-corrected chi connectivity index (χ1v) is 5.78. The van der Waals surface area contributed by atoms with Gasteiger partial charge in [0.1, 0.15) is 0 Å². The van der Waals surface area contributed by atoms with E-state index in [0.29, 0.717) is 6.61 Å². The zero-order chi connectivity index (χ0) is 11.1. The first-order chi connectivity index (χ1) is 7.18. The van der Waals surface area contributed by atoms with Crippen LogP contribution in [0.25, 0.3) is 0 Å². The summed E-state index contributed by atoms with van der Waals surface area (Å²) in [5, 5.41) is 8.91. The van der Waals surface area contributed by atoms with Gasteiger partial charge in [-0.3, -0.25) is 0 Å². The van der Waals surface area contributed by atoms with Crippen LogP contribution in [-0.4, -0.2) is 17.7 Å². The molecule has 1 rings (SSSR count). The molecule has 0 bridgehead atoms. The predicted octanol–water partition coefficient (Wildman–Crippen LogP) is 3.51. The highest BCUT2D eigenvalue weighted by molar-refractivity contribution is 4.92. The van der Waals surface area contributed by atoms with Gasteiger partial charge in [-0.25, -0.2) is 10.1 Å². The van der Waals surface area contributed by atoms with E-state index in [1.807, 2.05) is 0 Å². The van der Waals surface area contributed by atoms with Crippen LogP contribution in [0, 0.1) is 0 Å². The summed E-state index contributed by atoms with van der Waals surface area (Å²) in [5.41, 5.74) is 1.29. The molecule has 1 fully saturated rings. The SMILES string of the molecule is CC(C)=CCCOC1(OO)CCCCC1. The fraction of sp³-hybridized carbons (Fsp3) is 0.833. The average molecular weight is 214 g/mol. The second kappa shape index (κ2) is 6.26. The van der Waals surface area contributed by atoms with Crippen molar-refractivity contribution in [2.24, 2.45) is 0 Å². The van der Waals surface area contributed by atoms with Crippen LogP contribution in [0.4, 0.5) is 0 Å². The number of rotatable bonds is 5. The molecule has 3 heteroatoms. The molecule has 1 aliphatic rings. The van der Waals surface area contributed by atoms with Gasteiger partial charge in [0, 0.05) is 12.8 Å². The minimum atomic E-state index is -0.715. The number of hydrogen-bond donors (Lipinski definition) is 1. The van der Waals surface area contributed by atoms with E-state index in [-0.39, 0.29) is 0 Å². The lowest BCUT2D eigenvalue weighted by molar-refractivity contribution is -0.411. The number of ether oxygens (including phenoxy) is 1. The fourth-order valence-electron chi connectivity index (χ4n) is 1.94. The summed E-state index contributed by atoms with van der Waals surface area (Å²) < 4.78 is 5.65. The van der Waals surface area contributed by atoms with Crippen molar-refractivity contribution in [3.05, 3.63) is 11.6 Å². The van der Waals surface area contributed by atoms with Crippen LogP contribution in [0.3, 0.4) is 0 Å². The lowest BCUT2D eigenvalue weighted by Gasteiger charge is -2.33. The Labute approximate surface area is 92.0 Å². The van der Waals surface area contributed by atoms with Crippen molar-refractivity contribution in [3.63, 3.8) is 0 Å². The van der Waals surface area contributed by atoms with Crippen molar-refractivity contribution in [2.45, 2.75) is 58.2 Å². The molecule has 1 N–H and O–H groups in total. The number of hydrogen-bond acceptors (Lipinski definition) is 3. The highest BCUT2D eigenvalue weighted by Crippen LogP contribution is 2.32. The van der Waals surface area contributed by atoms with Gasteiger partial charge < -0.3 is 4.74 Å². The molecule has 0 aromatic rings. The highest BCUT2D eigenvalue weighted by Gasteiger charge is 2.34. The highest BCUT2D eigenvalue weighted by atomic mass is 17.1. The Bertz CT molecular complexity index is 201. The summed E-state index contributed by atoms with van der Waals surface area (Å²) in [6.07, 6.45) is 7.98. The van der Waals surface area contributed by atoms with E-state index in [9.17, 15) is 0 Å². The van der Waals surface area contributed by atoms with E-state index in [1.54, 1.807) is 0 Å². The van der Waals surface area contributed by atoms with E-state index in [4.69, 9.17) is 9.99 Å². The van der Waals surface area contributed by atoms with Crippen molar-refractivity contribution >= 4 is 0 Å². The lowest BCUT2D eigenvalue weighted by atomic mass is 9.94. The summed E-state index contributed by atoms with van der Waals surface area (Å²) in [6, 6.07) is 0. The van der Waals surface area contributed by atoms with Gasteiger partial charge in [0.25, 0.3) is 0 Å². The van der Waals surface area contributed by atoms with Gasteiger partial charge in [0.2, 0.25) is 5.79 Å². The molecule has 0 aromatic carbocycles. The van der Waals surface area contributed by atoms with E-state index in [2.05, 4.69) is 24.8 Å². The summed E-state index contributed by atoms with van der Waals surface area (Å²) in [6.45, 7) is 4.75. The van der Waals surface area contributed by atoms with Crippen LogP contribution >= 0.6 is 0 Å². The van der Waals surface area contributed by atoms with Gasteiger partial charge in [-0.05, 0) is 33.1 Å². The molecule has 1 aliphatic carbocycles. The molecule has 0 aliphatic heterocycles. The summed E-state index contributed by atoms with van der Waals surface area (Å²) >= 11 is 0. The Morgan fingerprint density at radius 2 is 1.93 bits per heavy atom. The molecule has 15 heavy (non-hydrogen) atoms. The molecular formula is C12H22O3. The predicted molar refractivity (Wildman–Crippen MR) is 59.5 cm³/mol. The smallest absolute Gasteiger partial charge is 0.201 e. The van der Waals surface area contributed by atoms with Crippen molar-refractivity contribution in [1.82, 2.24) is 0 Å². The Hall–Kier alpha value is -0.380. The molecule has 0 amide bonds. The van der Waals surface area contributed by atoms with Crippen LogP contribution in [0.2, 0.25) is 0 Å². The van der Waals surface area contributed by atoms with Crippen molar-refractivity contribution in [3.8, 4) is 0 Å². The quantitative estimate of drug-likeness (QED) is 0.250. The van der Waals surface area contributed by atoms with Gasteiger partial charge >= 0.3 is 0 Å². The number of allylic oxidation sites excluding steroid dienone is 1. The third-order valence-corrected chi connectivity index (χ3v) is 2.82. The van der Waals surface area contributed by atoms with Gasteiger partial charge in [-0.1, -0.05) is 18.1 Å². The molecular weight excluding hydrogens is 192 g/mol. The third-order valence-electron chi connectivity index (χ3n) is 2.82. The van der Waals surface area contributed by atoms with Gasteiger partial charge in [0.05, 0.1) is 6.61 Å². The zero-order valence-electron chi connectivity index (χ0n) is 9.79. The van der Waals surface area contributed by atoms with E-state index in [1.165, 1.54) is 12.0 Å². The van der Waals surface area contributed by atoms with Crippen LogP contribution in [0.15, 0.2) is 11.6 Å². The van der Waals surface area contributed by atoms with Crippen LogP contribution < -0.4 is 0 Å². The van der Waals surface area contributed by atoms with Crippen molar-refractivity contribution in [2.75, 3.05) is 6.61 Å². The molecule has 1 saturated carbocycles. The van der Waals surface area contributed by atoms with Crippen LogP contribution in [-0.2, 0) is 9.62 Å². The first kappa shape index (κ1) is 12.7. The topological polar surface area (TPSA) is 38.7 Å². The van der Waals surface area contributed by atoms with E-state index in [0.717, 1.165) is 32.1 Å². The fourth-order valence-corrected chi connectivity index (χ4v) is 1.94. The maximum atomic E-state index is 8.91.